The highest BCUT2D eigenvalue weighted by Gasteiger charge is 2.17. The van der Waals surface area contributed by atoms with E-state index in [-0.39, 0.29) is 17.7 Å². The van der Waals surface area contributed by atoms with Crippen molar-refractivity contribution in [3.63, 3.8) is 0 Å². The molecule has 1 heterocycles. The van der Waals surface area contributed by atoms with Crippen LogP contribution in [0.25, 0.3) is 22.0 Å². The van der Waals surface area contributed by atoms with Gasteiger partial charge in [0.1, 0.15) is 5.69 Å². The van der Waals surface area contributed by atoms with Gasteiger partial charge in [-0.3, -0.25) is 9.48 Å². The summed E-state index contributed by atoms with van der Waals surface area (Å²) in [5.74, 6) is 0. The van der Waals surface area contributed by atoms with E-state index in [1.807, 2.05) is 53.2 Å². The molecule has 0 spiro atoms. The van der Waals surface area contributed by atoms with Crippen LogP contribution in [0.5, 0.6) is 0 Å². The minimum absolute atomic E-state index is 0.170. The van der Waals surface area contributed by atoms with Gasteiger partial charge >= 0.3 is 0 Å². The second-order valence-corrected chi connectivity index (χ2v) is 7.55. The molecular formula is C25H24N2O2. The van der Waals surface area contributed by atoms with Crippen LogP contribution in [0.3, 0.4) is 0 Å². The van der Waals surface area contributed by atoms with Gasteiger partial charge < -0.3 is 5.11 Å². The fraction of sp³-hybridized carbons (Fsp3) is 0.200. The molecular weight excluding hydrogens is 360 g/mol. The molecule has 0 atom stereocenters. The smallest absolute Gasteiger partial charge is 0.214 e. The van der Waals surface area contributed by atoms with Crippen molar-refractivity contribution in [2.45, 2.75) is 33.9 Å². The molecule has 1 N–H and O–H groups in total. The van der Waals surface area contributed by atoms with Crippen LogP contribution in [0.2, 0.25) is 0 Å². The van der Waals surface area contributed by atoms with Crippen molar-refractivity contribution in [2.24, 2.45) is 0 Å². The quantitative estimate of drug-likeness (QED) is 0.562. The summed E-state index contributed by atoms with van der Waals surface area (Å²) in [6.07, 6.45) is 0. The minimum Gasteiger partial charge on any atom is -0.390 e. The molecule has 0 amide bonds. The first-order chi connectivity index (χ1) is 14.0. The molecule has 0 bridgehead atoms. The van der Waals surface area contributed by atoms with Gasteiger partial charge in [0.25, 0.3) is 0 Å². The molecule has 146 valence electrons. The Morgan fingerprint density at radius 3 is 2.28 bits per heavy atom. The zero-order valence-corrected chi connectivity index (χ0v) is 16.9. The van der Waals surface area contributed by atoms with E-state index in [1.54, 1.807) is 0 Å². The highest BCUT2D eigenvalue weighted by molar-refractivity contribution is 5.96. The van der Waals surface area contributed by atoms with E-state index >= 15 is 0 Å². The molecule has 1 aromatic heterocycles. The van der Waals surface area contributed by atoms with Gasteiger partial charge in [0.15, 0.2) is 0 Å². The van der Waals surface area contributed by atoms with Gasteiger partial charge in [-0.05, 0) is 54.7 Å². The molecule has 0 unspecified atom stereocenters. The van der Waals surface area contributed by atoms with Crippen molar-refractivity contribution in [3.8, 4) is 11.1 Å². The summed E-state index contributed by atoms with van der Waals surface area (Å²) in [6, 6.07) is 20.2. The number of aryl methyl sites for hydroxylation is 3. The zero-order valence-electron chi connectivity index (χ0n) is 16.9. The third-order valence-corrected chi connectivity index (χ3v) is 5.32. The van der Waals surface area contributed by atoms with Crippen molar-refractivity contribution < 1.29 is 5.11 Å². The summed E-state index contributed by atoms with van der Waals surface area (Å²) in [6.45, 7) is 6.37. The van der Waals surface area contributed by atoms with Crippen LogP contribution in [-0.2, 0) is 13.2 Å². The molecule has 0 saturated heterocycles. The predicted molar refractivity (Wildman–Crippen MR) is 117 cm³/mol. The lowest BCUT2D eigenvalue weighted by Gasteiger charge is -2.17. The number of fused-ring (bicyclic) bond motifs is 1. The molecule has 4 rings (SSSR count). The van der Waals surface area contributed by atoms with Gasteiger partial charge in [-0.25, -0.2) is 0 Å². The van der Waals surface area contributed by atoms with Crippen LogP contribution in [0.4, 0.5) is 0 Å². The first-order valence-corrected chi connectivity index (χ1v) is 9.75. The van der Waals surface area contributed by atoms with Crippen LogP contribution in [0.1, 0.15) is 27.9 Å². The Morgan fingerprint density at radius 2 is 1.62 bits per heavy atom. The monoisotopic (exact) mass is 384 g/mol. The summed E-state index contributed by atoms with van der Waals surface area (Å²) >= 11 is 0. The maximum atomic E-state index is 13.2. The Balaban J connectivity index is 2.04. The Labute approximate surface area is 170 Å². The van der Waals surface area contributed by atoms with E-state index in [9.17, 15) is 9.90 Å². The molecule has 0 aliphatic rings. The normalized spacial score (nSPS) is 11.2. The number of aromatic nitrogens is 2. The first kappa shape index (κ1) is 19.1. The van der Waals surface area contributed by atoms with Crippen molar-refractivity contribution in [1.29, 1.82) is 0 Å². The highest BCUT2D eigenvalue weighted by Crippen LogP contribution is 2.32. The molecule has 0 aliphatic heterocycles. The minimum atomic E-state index is -0.385. The third kappa shape index (κ3) is 3.47. The molecule has 4 nitrogen and oxygen atoms in total. The van der Waals surface area contributed by atoms with Gasteiger partial charge in [0.2, 0.25) is 5.43 Å². The molecule has 4 heteroatoms. The lowest BCUT2D eigenvalue weighted by atomic mass is 9.91. The van der Waals surface area contributed by atoms with E-state index in [0.29, 0.717) is 11.9 Å². The van der Waals surface area contributed by atoms with Crippen molar-refractivity contribution in [1.82, 2.24) is 9.78 Å². The van der Waals surface area contributed by atoms with Crippen LogP contribution >= 0.6 is 0 Å². The standard InChI is InChI=1S/C25H24N2O2/c1-16-12-17(2)23(18(3)13-16)20-10-7-11-22-24(20)25(29)21(15-28)26-27(22)14-19-8-5-4-6-9-19/h4-13,28H,14-15H2,1-3H3. The van der Waals surface area contributed by atoms with Gasteiger partial charge in [0, 0.05) is 0 Å². The number of aliphatic hydroxyl groups excluding tert-OH is 1. The zero-order chi connectivity index (χ0) is 20.5. The summed E-state index contributed by atoms with van der Waals surface area (Å²) in [7, 11) is 0. The lowest BCUT2D eigenvalue weighted by molar-refractivity contribution is 0.272. The predicted octanol–water partition coefficient (Wildman–Crippen LogP) is 4.53. The van der Waals surface area contributed by atoms with E-state index in [1.165, 1.54) is 5.56 Å². The van der Waals surface area contributed by atoms with Crippen LogP contribution in [-0.4, -0.2) is 14.9 Å². The number of hydrogen-bond acceptors (Lipinski definition) is 3. The number of benzene rings is 3. The van der Waals surface area contributed by atoms with E-state index < -0.39 is 0 Å². The lowest BCUT2D eigenvalue weighted by Crippen LogP contribution is -2.20. The highest BCUT2D eigenvalue weighted by atomic mass is 16.3. The largest absolute Gasteiger partial charge is 0.390 e. The summed E-state index contributed by atoms with van der Waals surface area (Å²) in [5.41, 5.74) is 7.24. The van der Waals surface area contributed by atoms with Gasteiger partial charge in [0.05, 0.1) is 24.1 Å². The maximum absolute atomic E-state index is 13.2. The molecule has 0 radical (unpaired) electrons. The average molecular weight is 384 g/mol. The van der Waals surface area contributed by atoms with Crippen molar-refractivity contribution in [3.05, 3.63) is 98.8 Å². The van der Waals surface area contributed by atoms with Crippen LogP contribution in [0, 0.1) is 20.8 Å². The Bertz CT molecular complexity index is 1230. The number of rotatable bonds is 4. The first-order valence-electron chi connectivity index (χ1n) is 9.75. The Kier molecular flexibility index (Phi) is 5.03. The molecule has 0 saturated carbocycles. The Hall–Kier alpha value is -3.24. The molecule has 3 aromatic carbocycles. The van der Waals surface area contributed by atoms with Crippen LogP contribution in [0.15, 0.2) is 65.5 Å². The van der Waals surface area contributed by atoms with Crippen LogP contribution < -0.4 is 5.43 Å². The van der Waals surface area contributed by atoms with E-state index in [2.05, 4.69) is 38.0 Å². The number of hydrogen-bond donors (Lipinski definition) is 1. The van der Waals surface area contributed by atoms with Crippen molar-refractivity contribution in [2.75, 3.05) is 0 Å². The van der Waals surface area contributed by atoms with Gasteiger partial charge in [-0.1, -0.05) is 60.2 Å². The average Bonchev–Trinajstić information content (AvgIpc) is 2.70. The topological polar surface area (TPSA) is 55.1 Å². The summed E-state index contributed by atoms with van der Waals surface area (Å²) < 4.78 is 1.82. The number of nitrogens with zero attached hydrogens (tertiary/aromatic N) is 2. The third-order valence-electron chi connectivity index (χ3n) is 5.32. The van der Waals surface area contributed by atoms with Gasteiger partial charge in [-0.15, -0.1) is 0 Å². The Morgan fingerprint density at radius 1 is 0.931 bits per heavy atom. The number of aliphatic hydroxyl groups is 1. The van der Waals surface area contributed by atoms with Gasteiger partial charge in [-0.2, -0.15) is 5.10 Å². The molecule has 0 fully saturated rings. The summed E-state index contributed by atoms with van der Waals surface area (Å²) in [5, 5.41) is 14.9. The van der Waals surface area contributed by atoms with E-state index in [4.69, 9.17) is 0 Å². The SMILES string of the molecule is Cc1cc(C)c(-c2cccc3c2c(=O)c(CO)nn3Cc2ccccc2)c(C)c1. The second-order valence-electron chi connectivity index (χ2n) is 7.55. The molecule has 0 aliphatic carbocycles. The summed E-state index contributed by atoms with van der Waals surface area (Å²) in [4.78, 5) is 13.2. The maximum Gasteiger partial charge on any atom is 0.214 e. The van der Waals surface area contributed by atoms with Crippen molar-refractivity contribution >= 4 is 10.9 Å². The molecule has 4 aromatic rings. The fourth-order valence-corrected chi connectivity index (χ4v) is 4.18. The van der Waals surface area contributed by atoms with E-state index in [0.717, 1.165) is 33.3 Å². The fourth-order valence-electron chi connectivity index (χ4n) is 4.18. The molecule has 29 heavy (non-hydrogen) atoms. The second kappa shape index (κ2) is 7.64.